The Kier molecular flexibility index (Phi) is 5.42. The van der Waals surface area contributed by atoms with E-state index in [0.29, 0.717) is 17.1 Å². The van der Waals surface area contributed by atoms with Gasteiger partial charge in [0.2, 0.25) is 0 Å². The molecular formula is C24H24F3N3O3. The maximum atomic E-state index is 13.3. The second-order valence-electron chi connectivity index (χ2n) is 8.75. The molecule has 1 aromatic carbocycles. The van der Waals surface area contributed by atoms with E-state index in [2.05, 4.69) is 9.97 Å². The molecule has 0 spiro atoms. The van der Waals surface area contributed by atoms with Crippen molar-refractivity contribution in [3.8, 4) is 5.75 Å². The fourth-order valence-electron chi connectivity index (χ4n) is 4.97. The number of hydrogen-bond donors (Lipinski definition) is 2. The molecule has 1 saturated heterocycles. The van der Waals surface area contributed by atoms with Gasteiger partial charge in [0.25, 0.3) is 0 Å². The molecule has 2 aromatic heterocycles. The number of nitrogens with zero attached hydrogens (tertiary/aromatic N) is 2. The molecule has 1 unspecified atom stereocenters. The van der Waals surface area contributed by atoms with Crippen LogP contribution >= 0.6 is 0 Å². The number of fused-ring (bicyclic) bond motifs is 3. The molecule has 2 aliphatic rings. The number of nitrogens with one attached hydrogen (secondary N) is 1. The van der Waals surface area contributed by atoms with Crippen LogP contribution in [0, 0.1) is 0 Å². The Morgan fingerprint density at radius 2 is 2.03 bits per heavy atom. The molecule has 6 nitrogen and oxygen atoms in total. The molecule has 3 heterocycles. The van der Waals surface area contributed by atoms with E-state index < -0.39 is 17.7 Å². The molecule has 1 atom stereocenters. The van der Waals surface area contributed by atoms with Crippen LogP contribution in [0.25, 0.3) is 10.9 Å². The van der Waals surface area contributed by atoms with Crippen molar-refractivity contribution in [1.82, 2.24) is 9.97 Å². The monoisotopic (exact) mass is 459 g/mol. The molecule has 9 heteroatoms. The molecule has 1 fully saturated rings. The molecule has 0 amide bonds. The summed E-state index contributed by atoms with van der Waals surface area (Å²) in [6, 6.07) is 6.65. The minimum atomic E-state index is -4.47. The topological polar surface area (TPSA) is 78.4 Å². The number of aromatic nitrogens is 2. The number of H-pyrrole nitrogens is 1. The number of rotatable bonds is 6. The Hall–Kier alpha value is -3.23. The number of alkyl halides is 3. The van der Waals surface area contributed by atoms with Crippen molar-refractivity contribution in [2.75, 3.05) is 18.0 Å². The van der Waals surface area contributed by atoms with Crippen LogP contribution in [-0.4, -0.2) is 34.1 Å². The number of halogens is 3. The van der Waals surface area contributed by atoms with E-state index in [1.165, 1.54) is 0 Å². The fourth-order valence-corrected chi connectivity index (χ4v) is 4.97. The Morgan fingerprint density at radius 3 is 2.76 bits per heavy atom. The molecule has 5 rings (SSSR count). The van der Waals surface area contributed by atoms with Gasteiger partial charge >= 0.3 is 12.1 Å². The molecule has 1 aliphatic heterocycles. The van der Waals surface area contributed by atoms with Crippen molar-refractivity contribution < 1.29 is 27.8 Å². The second kappa shape index (κ2) is 8.28. The number of hydrogen-bond acceptors (Lipinski definition) is 4. The zero-order valence-corrected chi connectivity index (χ0v) is 17.9. The number of aromatic amines is 1. The summed E-state index contributed by atoms with van der Waals surface area (Å²) in [4.78, 5) is 20.6. The van der Waals surface area contributed by atoms with E-state index in [0.717, 1.165) is 73.2 Å². The fraction of sp³-hybridized carbons (Fsp3) is 0.417. The molecular weight excluding hydrogens is 435 g/mol. The third-order valence-corrected chi connectivity index (χ3v) is 6.55. The first kappa shape index (κ1) is 21.6. The van der Waals surface area contributed by atoms with Gasteiger partial charge in [-0.2, -0.15) is 13.2 Å². The Bertz CT molecular complexity index is 1200. The van der Waals surface area contributed by atoms with Crippen LogP contribution in [0.5, 0.6) is 5.75 Å². The summed E-state index contributed by atoms with van der Waals surface area (Å²) in [6.07, 6.45) is 0.0481. The van der Waals surface area contributed by atoms with E-state index in [1.807, 2.05) is 17.0 Å². The van der Waals surface area contributed by atoms with E-state index in [1.54, 1.807) is 6.07 Å². The number of ether oxygens (including phenoxy) is 1. The third-order valence-electron chi connectivity index (χ3n) is 6.55. The summed E-state index contributed by atoms with van der Waals surface area (Å²) in [5, 5.41) is 10.1. The number of anilines is 1. The number of aliphatic carboxylic acids is 1. The van der Waals surface area contributed by atoms with Crippen molar-refractivity contribution >= 4 is 22.7 Å². The van der Waals surface area contributed by atoms with Gasteiger partial charge in [-0.1, -0.05) is 0 Å². The predicted octanol–water partition coefficient (Wildman–Crippen LogP) is 5.27. The van der Waals surface area contributed by atoms with Crippen molar-refractivity contribution in [1.29, 1.82) is 0 Å². The van der Waals surface area contributed by atoms with Gasteiger partial charge in [0.15, 0.2) is 0 Å². The zero-order chi connectivity index (χ0) is 23.2. The van der Waals surface area contributed by atoms with Crippen molar-refractivity contribution in [3.05, 3.63) is 52.8 Å². The standard InChI is InChI=1S/C24H24F3N3O3/c25-24(26,27)16-9-15(23(28-12-16)30-7-1-2-8-30)13-33-17-4-6-20-19(11-17)18-5-3-14(10-21(31)32)22(18)29-20/h4,6,9,11-12,14,29H,1-3,5,7-8,10,13H2,(H,31,32). The Morgan fingerprint density at radius 1 is 1.24 bits per heavy atom. The quantitative estimate of drug-likeness (QED) is 0.525. The average molecular weight is 459 g/mol. The molecule has 33 heavy (non-hydrogen) atoms. The average Bonchev–Trinajstić information content (AvgIpc) is 3.49. The summed E-state index contributed by atoms with van der Waals surface area (Å²) in [7, 11) is 0. The van der Waals surface area contributed by atoms with Gasteiger partial charge in [0, 0.05) is 47.4 Å². The highest BCUT2D eigenvalue weighted by Crippen LogP contribution is 2.40. The normalized spacial score (nSPS) is 18.2. The molecule has 2 N–H and O–H groups in total. The van der Waals surface area contributed by atoms with Crippen LogP contribution in [0.3, 0.4) is 0 Å². The predicted molar refractivity (Wildman–Crippen MR) is 117 cm³/mol. The first-order valence-corrected chi connectivity index (χ1v) is 11.1. The highest BCUT2D eigenvalue weighted by molar-refractivity contribution is 5.87. The smallest absolute Gasteiger partial charge is 0.417 e. The number of benzene rings is 1. The van der Waals surface area contributed by atoms with Crippen LogP contribution in [0.1, 0.15) is 54.0 Å². The van der Waals surface area contributed by atoms with E-state index in [4.69, 9.17) is 9.84 Å². The lowest BCUT2D eigenvalue weighted by Gasteiger charge is -2.21. The minimum Gasteiger partial charge on any atom is -0.489 e. The second-order valence-corrected chi connectivity index (χ2v) is 8.75. The van der Waals surface area contributed by atoms with Crippen molar-refractivity contribution in [3.63, 3.8) is 0 Å². The first-order chi connectivity index (χ1) is 15.8. The van der Waals surface area contributed by atoms with E-state index in [-0.39, 0.29) is 18.9 Å². The SMILES string of the molecule is O=C(O)CC1CCc2c1[nH]c1ccc(OCc3cc(C(F)(F)F)cnc3N3CCCC3)cc21. The van der Waals surface area contributed by atoms with Crippen LogP contribution in [0.2, 0.25) is 0 Å². The summed E-state index contributed by atoms with van der Waals surface area (Å²) in [5.41, 5.74) is 2.59. The van der Waals surface area contributed by atoms with Gasteiger partial charge in [-0.05, 0) is 55.5 Å². The van der Waals surface area contributed by atoms with E-state index in [9.17, 15) is 18.0 Å². The van der Waals surface area contributed by atoms with Gasteiger partial charge in [0.05, 0.1) is 12.0 Å². The van der Waals surface area contributed by atoms with Gasteiger partial charge in [0.1, 0.15) is 18.2 Å². The molecule has 0 radical (unpaired) electrons. The first-order valence-electron chi connectivity index (χ1n) is 11.1. The lowest BCUT2D eigenvalue weighted by atomic mass is 10.0. The third kappa shape index (κ3) is 4.24. The molecule has 3 aromatic rings. The Labute approximate surface area is 188 Å². The summed E-state index contributed by atoms with van der Waals surface area (Å²) >= 11 is 0. The van der Waals surface area contributed by atoms with Gasteiger partial charge < -0.3 is 19.7 Å². The largest absolute Gasteiger partial charge is 0.489 e. The lowest BCUT2D eigenvalue weighted by molar-refractivity contribution is -0.138. The molecule has 0 bridgehead atoms. The summed E-state index contributed by atoms with van der Waals surface area (Å²) in [5.74, 6) is 0.240. The van der Waals surface area contributed by atoms with Gasteiger partial charge in [-0.3, -0.25) is 4.79 Å². The number of aryl methyl sites for hydroxylation is 1. The van der Waals surface area contributed by atoms with E-state index >= 15 is 0 Å². The molecule has 1 aliphatic carbocycles. The number of carbonyl (C=O) groups is 1. The summed E-state index contributed by atoms with van der Waals surface area (Å²) < 4.78 is 45.8. The van der Waals surface area contributed by atoms with Crippen LogP contribution in [0.4, 0.5) is 19.0 Å². The van der Waals surface area contributed by atoms with Gasteiger partial charge in [-0.25, -0.2) is 4.98 Å². The number of carboxylic acids is 1. The molecule has 0 saturated carbocycles. The van der Waals surface area contributed by atoms with Crippen LogP contribution in [0.15, 0.2) is 30.5 Å². The highest BCUT2D eigenvalue weighted by atomic mass is 19.4. The zero-order valence-electron chi connectivity index (χ0n) is 17.9. The lowest BCUT2D eigenvalue weighted by Crippen LogP contribution is -2.22. The van der Waals surface area contributed by atoms with Crippen LogP contribution in [-0.2, 0) is 24.0 Å². The van der Waals surface area contributed by atoms with Crippen LogP contribution < -0.4 is 9.64 Å². The van der Waals surface area contributed by atoms with Crippen molar-refractivity contribution in [2.24, 2.45) is 0 Å². The Balaban J connectivity index is 1.41. The van der Waals surface area contributed by atoms with Crippen molar-refractivity contribution in [2.45, 2.75) is 50.8 Å². The minimum absolute atomic E-state index is 0.0253. The summed E-state index contributed by atoms with van der Waals surface area (Å²) in [6.45, 7) is 1.51. The maximum Gasteiger partial charge on any atom is 0.417 e. The maximum absolute atomic E-state index is 13.3. The number of carboxylic acid groups (broad SMARTS) is 1. The number of pyridine rings is 1. The molecule has 174 valence electrons. The highest BCUT2D eigenvalue weighted by Gasteiger charge is 2.33. The van der Waals surface area contributed by atoms with Gasteiger partial charge in [-0.15, -0.1) is 0 Å².